The molecule has 0 atom stereocenters. The van der Waals surface area contributed by atoms with Crippen LogP contribution in [-0.2, 0) is 20.8 Å². The first-order valence-electron chi connectivity index (χ1n) is 7.57. The Balaban J connectivity index is 1.79. The number of aryl methyl sites for hydroxylation is 1. The Morgan fingerprint density at radius 3 is 2.64 bits per heavy atom. The molecule has 1 saturated carbocycles. The molecule has 1 aromatic rings. The fourth-order valence-electron chi connectivity index (χ4n) is 2.76. The third-order valence-electron chi connectivity index (χ3n) is 4.08. The number of carbonyl (C=O) groups excluding carboxylic acids is 3. The normalized spacial score (nSPS) is 16.7. The number of nitrogens with zero attached hydrogens (tertiary/aromatic N) is 1. The fraction of sp³-hybridized carbons (Fsp3) is 0.438. The second-order valence-electron chi connectivity index (χ2n) is 5.74. The molecule has 1 aromatic carbocycles. The van der Waals surface area contributed by atoms with Crippen molar-refractivity contribution >= 4 is 29.1 Å². The molecular formula is C16H19N3O3. The second-order valence-corrected chi connectivity index (χ2v) is 5.74. The fourth-order valence-corrected chi connectivity index (χ4v) is 2.76. The zero-order valence-corrected chi connectivity index (χ0v) is 12.5. The minimum Gasteiger partial charge on any atom is -0.351 e. The Morgan fingerprint density at radius 2 is 1.95 bits per heavy atom. The Morgan fingerprint density at radius 1 is 1.18 bits per heavy atom. The van der Waals surface area contributed by atoms with Crippen LogP contribution in [0.4, 0.5) is 11.4 Å². The van der Waals surface area contributed by atoms with Gasteiger partial charge in [0.25, 0.3) is 0 Å². The molecule has 3 rings (SSSR count). The van der Waals surface area contributed by atoms with E-state index in [9.17, 15) is 14.4 Å². The summed E-state index contributed by atoms with van der Waals surface area (Å²) in [5.41, 5.74) is 2.55. The minimum atomic E-state index is -0.691. The second kappa shape index (κ2) is 5.79. The van der Waals surface area contributed by atoms with Crippen molar-refractivity contribution in [2.24, 2.45) is 5.92 Å². The van der Waals surface area contributed by atoms with E-state index in [1.54, 1.807) is 6.07 Å². The van der Waals surface area contributed by atoms with Crippen molar-refractivity contribution in [2.45, 2.75) is 25.7 Å². The van der Waals surface area contributed by atoms with Crippen molar-refractivity contribution in [3.63, 3.8) is 0 Å². The highest BCUT2D eigenvalue weighted by molar-refractivity contribution is 6.39. The van der Waals surface area contributed by atoms with Crippen molar-refractivity contribution < 1.29 is 14.4 Å². The first-order valence-corrected chi connectivity index (χ1v) is 7.57. The van der Waals surface area contributed by atoms with Gasteiger partial charge in [-0.25, -0.2) is 0 Å². The van der Waals surface area contributed by atoms with Crippen LogP contribution in [0.2, 0.25) is 0 Å². The summed E-state index contributed by atoms with van der Waals surface area (Å²) in [6.07, 6.45) is 3.77. The van der Waals surface area contributed by atoms with Gasteiger partial charge in [-0.1, -0.05) is 0 Å². The van der Waals surface area contributed by atoms with Crippen LogP contribution in [0.25, 0.3) is 0 Å². The van der Waals surface area contributed by atoms with Gasteiger partial charge < -0.3 is 15.5 Å². The maximum Gasteiger partial charge on any atom is 0.313 e. The average Bonchev–Trinajstić information content (AvgIpc) is 3.37. The lowest BCUT2D eigenvalue weighted by atomic mass is 10.0. The Kier molecular flexibility index (Phi) is 3.83. The molecule has 0 unspecified atom stereocenters. The van der Waals surface area contributed by atoms with E-state index in [4.69, 9.17) is 0 Å². The molecule has 1 aliphatic heterocycles. The van der Waals surface area contributed by atoms with E-state index in [0.29, 0.717) is 5.69 Å². The number of anilines is 2. The predicted octanol–water partition coefficient (Wildman–Crippen LogP) is 1.06. The van der Waals surface area contributed by atoms with Crippen LogP contribution in [0.5, 0.6) is 0 Å². The van der Waals surface area contributed by atoms with Crippen LogP contribution in [0.3, 0.4) is 0 Å². The Hall–Kier alpha value is -2.37. The smallest absolute Gasteiger partial charge is 0.313 e. The lowest BCUT2D eigenvalue weighted by molar-refractivity contribution is -0.135. The number of likely N-dealkylation sites (N-methyl/N-ethyl adjacent to an activating group) is 1. The maximum atomic E-state index is 12.3. The van der Waals surface area contributed by atoms with Crippen molar-refractivity contribution in [2.75, 3.05) is 23.8 Å². The van der Waals surface area contributed by atoms with E-state index in [0.717, 1.165) is 43.5 Å². The highest BCUT2D eigenvalue weighted by Crippen LogP contribution is 2.36. The molecule has 1 heterocycles. The molecule has 2 aliphatic rings. The molecular weight excluding hydrogens is 282 g/mol. The van der Waals surface area contributed by atoms with Gasteiger partial charge in [0, 0.05) is 30.9 Å². The van der Waals surface area contributed by atoms with Crippen LogP contribution in [0.1, 0.15) is 24.8 Å². The van der Waals surface area contributed by atoms with E-state index in [-0.39, 0.29) is 11.8 Å². The highest BCUT2D eigenvalue weighted by atomic mass is 16.2. The van der Waals surface area contributed by atoms with E-state index >= 15 is 0 Å². The van der Waals surface area contributed by atoms with E-state index in [2.05, 4.69) is 10.6 Å². The number of hydrogen-bond donors (Lipinski definition) is 2. The lowest BCUT2D eigenvalue weighted by Gasteiger charge is -2.30. The van der Waals surface area contributed by atoms with Crippen molar-refractivity contribution in [3.05, 3.63) is 23.8 Å². The summed E-state index contributed by atoms with van der Waals surface area (Å²) < 4.78 is 0. The van der Waals surface area contributed by atoms with Crippen LogP contribution >= 0.6 is 0 Å². The summed E-state index contributed by atoms with van der Waals surface area (Å²) in [4.78, 5) is 37.0. The standard InChI is InChI=1S/C16H19N3O3/c1-17-14(20)15(21)18-12-6-7-13-11(9-12)3-2-8-19(13)16(22)10-4-5-10/h6-7,9-10H,2-5,8H2,1H3,(H,17,20)(H,18,21). The molecule has 0 radical (unpaired) electrons. The molecule has 116 valence electrons. The summed E-state index contributed by atoms with van der Waals surface area (Å²) in [5, 5.41) is 4.85. The quantitative estimate of drug-likeness (QED) is 0.802. The Labute approximate surface area is 128 Å². The highest BCUT2D eigenvalue weighted by Gasteiger charge is 2.35. The first kappa shape index (κ1) is 14.6. The molecule has 6 heteroatoms. The molecule has 0 spiro atoms. The van der Waals surface area contributed by atoms with E-state index in [1.165, 1.54) is 7.05 Å². The van der Waals surface area contributed by atoms with Gasteiger partial charge in [-0.05, 0) is 49.4 Å². The van der Waals surface area contributed by atoms with E-state index in [1.807, 2.05) is 17.0 Å². The summed E-state index contributed by atoms with van der Waals surface area (Å²) in [5.74, 6) is -0.964. The lowest BCUT2D eigenvalue weighted by Crippen LogP contribution is -2.36. The monoisotopic (exact) mass is 301 g/mol. The predicted molar refractivity (Wildman–Crippen MR) is 82.5 cm³/mol. The van der Waals surface area contributed by atoms with Crippen LogP contribution in [0, 0.1) is 5.92 Å². The van der Waals surface area contributed by atoms with Crippen LogP contribution in [0.15, 0.2) is 18.2 Å². The number of rotatable bonds is 2. The zero-order valence-electron chi connectivity index (χ0n) is 12.5. The number of fused-ring (bicyclic) bond motifs is 1. The molecule has 0 aromatic heterocycles. The van der Waals surface area contributed by atoms with Gasteiger partial charge in [0.1, 0.15) is 0 Å². The summed E-state index contributed by atoms with van der Waals surface area (Å²) >= 11 is 0. The van der Waals surface area contributed by atoms with Gasteiger partial charge in [0.05, 0.1) is 0 Å². The zero-order chi connectivity index (χ0) is 15.7. The average molecular weight is 301 g/mol. The number of carbonyl (C=O) groups is 3. The molecule has 0 bridgehead atoms. The van der Waals surface area contributed by atoms with Crippen molar-refractivity contribution in [1.29, 1.82) is 0 Å². The number of amides is 3. The van der Waals surface area contributed by atoms with Gasteiger partial charge in [0.2, 0.25) is 5.91 Å². The van der Waals surface area contributed by atoms with Gasteiger partial charge in [0.15, 0.2) is 0 Å². The van der Waals surface area contributed by atoms with Crippen molar-refractivity contribution in [3.8, 4) is 0 Å². The van der Waals surface area contributed by atoms with Crippen LogP contribution in [-0.4, -0.2) is 31.3 Å². The van der Waals surface area contributed by atoms with E-state index < -0.39 is 11.8 Å². The molecule has 3 amide bonds. The maximum absolute atomic E-state index is 12.3. The van der Waals surface area contributed by atoms with Gasteiger partial charge >= 0.3 is 11.8 Å². The Bertz CT molecular complexity index is 638. The largest absolute Gasteiger partial charge is 0.351 e. The molecule has 1 fully saturated rings. The third-order valence-corrected chi connectivity index (χ3v) is 4.08. The number of hydrogen-bond acceptors (Lipinski definition) is 3. The molecule has 2 N–H and O–H groups in total. The van der Waals surface area contributed by atoms with Crippen molar-refractivity contribution in [1.82, 2.24) is 5.32 Å². The molecule has 22 heavy (non-hydrogen) atoms. The topological polar surface area (TPSA) is 78.5 Å². The molecule has 6 nitrogen and oxygen atoms in total. The molecule has 0 saturated heterocycles. The minimum absolute atomic E-state index is 0.193. The summed E-state index contributed by atoms with van der Waals surface area (Å²) in [7, 11) is 1.41. The van der Waals surface area contributed by atoms with Gasteiger partial charge in [-0.15, -0.1) is 0 Å². The first-order chi connectivity index (χ1) is 10.6. The third kappa shape index (κ3) is 2.81. The number of benzene rings is 1. The van der Waals surface area contributed by atoms with Gasteiger partial charge in [-0.3, -0.25) is 14.4 Å². The summed E-state index contributed by atoms with van der Waals surface area (Å²) in [6.45, 7) is 0.756. The SMILES string of the molecule is CNC(=O)C(=O)Nc1ccc2c(c1)CCCN2C(=O)C1CC1. The summed E-state index contributed by atoms with van der Waals surface area (Å²) in [6, 6.07) is 5.44. The molecule has 1 aliphatic carbocycles. The van der Waals surface area contributed by atoms with Crippen LogP contribution < -0.4 is 15.5 Å². The van der Waals surface area contributed by atoms with Gasteiger partial charge in [-0.2, -0.15) is 0 Å². The number of nitrogens with one attached hydrogen (secondary N) is 2.